The van der Waals surface area contributed by atoms with Gasteiger partial charge in [-0.25, -0.2) is 4.79 Å². The van der Waals surface area contributed by atoms with E-state index in [-0.39, 0.29) is 5.97 Å². The Morgan fingerprint density at radius 1 is 1.60 bits per heavy atom. The van der Waals surface area contributed by atoms with Crippen molar-refractivity contribution in [3.05, 3.63) is 22.4 Å². The second-order valence-electron chi connectivity index (χ2n) is 3.58. The second kappa shape index (κ2) is 4.77. The molecular formula is C11H17NO2S. The molecule has 0 aliphatic rings. The van der Waals surface area contributed by atoms with E-state index in [0.29, 0.717) is 6.42 Å². The largest absolute Gasteiger partial charge is 0.467 e. The highest BCUT2D eigenvalue weighted by Crippen LogP contribution is 2.34. The summed E-state index contributed by atoms with van der Waals surface area (Å²) in [5, 5.41) is 1.98. The molecule has 15 heavy (non-hydrogen) atoms. The summed E-state index contributed by atoms with van der Waals surface area (Å²) in [5.41, 5.74) is -0.636. The zero-order valence-corrected chi connectivity index (χ0v) is 10.4. The average molecular weight is 227 g/mol. The summed E-state index contributed by atoms with van der Waals surface area (Å²) in [7, 11) is 5.24. The van der Waals surface area contributed by atoms with Crippen LogP contribution in [0, 0.1) is 0 Å². The van der Waals surface area contributed by atoms with E-state index < -0.39 is 5.54 Å². The number of hydrogen-bond donors (Lipinski definition) is 0. The standard InChI is InChI=1S/C11H17NO2S/c1-5-11(12(2)3,10(13)14-4)9-7-6-8-15-9/h6-8H,5H2,1-4H3. The predicted octanol–water partition coefficient (Wildman–Crippen LogP) is 2.09. The molecule has 0 saturated carbocycles. The topological polar surface area (TPSA) is 29.5 Å². The number of nitrogens with zero attached hydrogens (tertiary/aromatic N) is 1. The van der Waals surface area contributed by atoms with Gasteiger partial charge in [-0.05, 0) is 32.0 Å². The Kier molecular flexibility index (Phi) is 3.88. The van der Waals surface area contributed by atoms with Crippen LogP contribution in [-0.4, -0.2) is 32.1 Å². The fraction of sp³-hybridized carbons (Fsp3) is 0.545. The van der Waals surface area contributed by atoms with Crippen LogP contribution in [0.1, 0.15) is 18.2 Å². The molecule has 84 valence electrons. The molecule has 0 aromatic carbocycles. The van der Waals surface area contributed by atoms with Gasteiger partial charge in [0, 0.05) is 4.88 Å². The van der Waals surface area contributed by atoms with Crippen molar-refractivity contribution in [2.45, 2.75) is 18.9 Å². The summed E-state index contributed by atoms with van der Waals surface area (Å²) in [6.45, 7) is 2.00. The number of carbonyl (C=O) groups is 1. The van der Waals surface area contributed by atoms with Crippen LogP contribution in [0.15, 0.2) is 17.5 Å². The van der Waals surface area contributed by atoms with Crippen molar-refractivity contribution in [2.75, 3.05) is 21.2 Å². The highest BCUT2D eigenvalue weighted by Gasteiger charge is 2.42. The Bertz CT molecular complexity index is 321. The van der Waals surface area contributed by atoms with E-state index in [1.165, 1.54) is 7.11 Å². The van der Waals surface area contributed by atoms with E-state index in [1.54, 1.807) is 11.3 Å². The second-order valence-corrected chi connectivity index (χ2v) is 4.52. The Morgan fingerprint density at radius 2 is 2.27 bits per heavy atom. The Hall–Kier alpha value is -0.870. The van der Waals surface area contributed by atoms with Gasteiger partial charge in [-0.3, -0.25) is 4.90 Å². The fourth-order valence-electron chi connectivity index (χ4n) is 1.82. The molecule has 0 bridgehead atoms. The molecule has 1 aromatic heterocycles. The molecule has 0 saturated heterocycles. The molecule has 3 nitrogen and oxygen atoms in total. The number of ether oxygens (including phenoxy) is 1. The molecule has 0 spiro atoms. The summed E-state index contributed by atoms with van der Waals surface area (Å²) < 4.78 is 4.92. The minimum atomic E-state index is -0.636. The van der Waals surface area contributed by atoms with E-state index in [9.17, 15) is 4.79 Å². The minimum absolute atomic E-state index is 0.197. The van der Waals surface area contributed by atoms with Gasteiger partial charge < -0.3 is 4.74 Å². The lowest BCUT2D eigenvalue weighted by Crippen LogP contribution is -2.48. The highest BCUT2D eigenvalue weighted by atomic mass is 32.1. The first kappa shape index (κ1) is 12.2. The third-order valence-corrected chi connectivity index (χ3v) is 3.75. The molecule has 0 aliphatic carbocycles. The average Bonchev–Trinajstić information content (AvgIpc) is 2.72. The van der Waals surface area contributed by atoms with E-state index in [4.69, 9.17) is 4.74 Å². The van der Waals surface area contributed by atoms with Crippen LogP contribution in [0.25, 0.3) is 0 Å². The number of thiophene rings is 1. The first-order valence-electron chi connectivity index (χ1n) is 4.89. The van der Waals surface area contributed by atoms with Crippen molar-refractivity contribution in [1.29, 1.82) is 0 Å². The summed E-state index contributed by atoms with van der Waals surface area (Å²) in [4.78, 5) is 14.9. The number of esters is 1. The van der Waals surface area contributed by atoms with E-state index in [1.807, 2.05) is 43.4 Å². The molecule has 1 aromatic rings. The molecule has 4 heteroatoms. The Balaban J connectivity index is 3.22. The van der Waals surface area contributed by atoms with Crippen molar-refractivity contribution in [1.82, 2.24) is 4.90 Å². The fourth-order valence-corrected chi connectivity index (χ4v) is 2.89. The van der Waals surface area contributed by atoms with Crippen LogP contribution in [0.3, 0.4) is 0 Å². The third-order valence-electron chi connectivity index (χ3n) is 2.73. The summed E-state index contributed by atoms with van der Waals surface area (Å²) in [6, 6.07) is 3.93. The predicted molar refractivity (Wildman–Crippen MR) is 62.0 cm³/mol. The van der Waals surface area contributed by atoms with Gasteiger partial charge in [-0.15, -0.1) is 11.3 Å². The van der Waals surface area contributed by atoms with Crippen LogP contribution < -0.4 is 0 Å². The van der Waals surface area contributed by atoms with Crippen molar-refractivity contribution < 1.29 is 9.53 Å². The van der Waals surface area contributed by atoms with Gasteiger partial charge in [0.15, 0.2) is 5.54 Å². The van der Waals surface area contributed by atoms with Crippen LogP contribution in [0.2, 0.25) is 0 Å². The van der Waals surface area contributed by atoms with Crippen LogP contribution >= 0.6 is 11.3 Å². The van der Waals surface area contributed by atoms with Crippen molar-refractivity contribution in [3.8, 4) is 0 Å². The number of hydrogen-bond acceptors (Lipinski definition) is 4. The van der Waals surface area contributed by atoms with Gasteiger partial charge in [0.1, 0.15) is 0 Å². The molecule has 0 N–H and O–H groups in total. The molecule has 0 aliphatic heterocycles. The Labute approximate surface area is 94.7 Å². The zero-order chi connectivity index (χ0) is 11.5. The van der Waals surface area contributed by atoms with Gasteiger partial charge in [0.2, 0.25) is 0 Å². The van der Waals surface area contributed by atoms with E-state index in [2.05, 4.69) is 0 Å². The van der Waals surface area contributed by atoms with Crippen LogP contribution in [0.5, 0.6) is 0 Å². The maximum absolute atomic E-state index is 11.9. The highest BCUT2D eigenvalue weighted by molar-refractivity contribution is 7.10. The zero-order valence-electron chi connectivity index (χ0n) is 9.61. The smallest absolute Gasteiger partial charge is 0.331 e. The molecule has 1 unspecified atom stereocenters. The number of carbonyl (C=O) groups excluding carboxylic acids is 1. The third kappa shape index (κ3) is 1.92. The van der Waals surface area contributed by atoms with E-state index in [0.717, 1.165) is 4.88 Å². The monoisotopic (exact) mass is 227 g/mol. The molecular weight excluding hydrogens is 210 g/mol. The minimum Gasteiger partial charge on any atom is -0.467 e. The van der Waals surface area contributed by atoms with Gasteiger partial charge in [0.25, 0.3) is 0 Å². The normalized spacial score (nSPS) is 15.0. The first-order chi connectivity index (χ1) is 7.09. The summed E-state index contributed by atoms with van der Waals surface area (Å²) >= 11 is 1.58. The van der Waals surface area contributed by atoms with Gasteiger partial charge in [0.05, 0.1) is 7.11 Å². The quantitative estimate of drug-likeness (QED) is 0.738. The van der Waals surface area contributed by atoms with Crippen LogP contribution in [0.4, 0.5) is 0 Å². The molecule has 1 atom stereocenters. The SMILES string of the molecule is CCC(C(=O)OC)(c1cccs1)N(C)C. The van der Waals surface area contributed by atoms with Gasteiger partial charge in [-0.2, -0.15) is 0 Å². The van der Waals surface area contributed by atoms with Crippen molar-refractivity contribution >= 4 is 17.3 Å². The lowest BCUT2D eigenvalue weighted by atomic mass is 9.92. The molecule has 0 radical (unpaired) electrons. The van der Waals surface area contributed by atoms with Crippen molar-refractivity contribution in [2.24, 2.45) is 0 Å². The molecule has 0 fully saturated rings. The number of rotatable bonds is 4. The molecule has 0 amide bonds. The summed E-state index contributed by atoms with van der Waals surface area (Å²) in [6.07, 6.45) is 0.702. The van der Waals surface area contributed by atoms with Gasteiger partial charge in [-0.1, -0.05) is 13.0 Å². The molecule has 1 rings (SSSR count). The van der Waals surface area contributed by atoms with Gasteiger partial charge >= 0.3 is 5.97 Å². The lowest BCUT2D eigenvalue weighted by Gasteiger charge is -2.35. The van der Waals surface area contributed by atoms with Crippen LogP contribution in [-0.2, 0) is 15.1 Å². The first-order valence-corrected chi connectivity index (χ1v) is 5.77. The molecule has 1 heterocycles. The maximum atomic E-state index is 11.9. The maximum Gasteiger partial charge on any atom is 0.331 e. The summed E-state index contributed by atoms with van der Waals surface area (Å²) in [5.74, 6) is -0.197. The Morgan fingerprint density at radius 3 is 2.60 bits per heavy atom. The number of likely N-dealkylation sites (N-methyl/N-ethyl adjacent to an activating group) is 1. The number of methoxy groups -OCH3 is 1. The lowest BCUT2D eigenvalue weighted by molar-refractivity contribution is -0.154. The van der Waals surface area contributed by atoms with E-state index >= 15 is 0 Å². The van der Waals surface area contributed by atoms with Crippen molar-refractivity contribution in [3.63, 3.8) is 0 Å².